The molecule has 3 fully saturated rings. The maximum atomic E-state index is 6.53. The third-order valence-corrected chi connectivity index (χ3v) is 8.09. The first-order chi connectivity index (χ1) is 12.1. The molecule has 146 valence electrons. The van der Waals surface area contributed by atoms with Crippen LogP contribution < -0.4 is 0 Å². The first-order valence-corrected chi connectivity index (χ1v) is 12.0. The van der Waals surface area contributed by atoms with Crippen molar-refractivity contribution in [3.05, 3.63) is 0 Å². The Kier molecular flexibility index (Phi) is 8.04. The fourth-order valence-electron chi connectivity index (χ4n) is 4.72. The molecule has 0 radical (unpaired) electrons. The summed E-state index contributed by atoms with van der Waals surface area (Å²) in [6.45, 7) is 7.01. The SMILES string of the molecule is CC1CCCCC1OP(OC1CCCCC1C)OC1CCCCC1C. The molecule has 3 aliphatic rings. The molecule has 3 rings (SSSR count). The minimum Gasteiger partial charge on any atom is -0.309 e. The molecule has 3 nitrogen and oxygen atoms in total. The number of hydrogen-bond acceptors (Lipinski definition) is 3. The molecule has 0 aliphatic heterocycles. The van der Waals surface area contributed by atoms with Crippen molar-refractivity contribution >= 4 is 8.60 Å². The minimum atomic E-state index is -1.21. The zero-order valence-corrected chi connectivity index (χ0v) is 17.5. The van der Waals surface area contributed by atoms with Crippen molar-refractivity contribution in [1.29, 1.82) is 0 Å². The van der Waals surface area contributed by atoms with Crippen molar-refractivity contribution in [2.75, 3.05) is 0 Å². The summed E-state index contributed by atoms with van der Waals surface area (Å²) in [5.41, 5.74) is 0. The van der Waals surface area contributed by atoms with Crippen LogP contribution in [0.4, 0.5) is 0 Å². The van der Waals surface area contributed by atoms with Gasteiger partial charge in [0, 0.05) is 0 Å². The molecular formula is C21H39O3P. The van der Waals surface area contributed by atoms with Crippen LogP contribution in [0, 0.1) is 17.8 Å². The van der Waals surface area contributed by atoms with Crippen LogP contribution in [0.5, 0.6) is 0 Å². The first kappa shape index (κ1) is 20.1. The smallest absolute Gasteiger partial charge is 0.309 e. The van der Waals surface area contributed by atoms with E-state index in [0.29, 0.717) is 36.1 Å². The Hall–Kier alpha value is 0.310. The Bertz CT molecular complexity index is 334. The zero-order valence-electron chi connectivity index (χ0n) is 16.6. The Balaban J connectivity index is 1.61. The molecule has 25 heavy (non-hydrogen) atoms. The lowest BCUT2D eigenvalue weighted by Gasteiger charge is -2.37. The fourth-order valence-corrected chi connectivity index (χ4v) is 6.47. The Morgan fingerprint density at radius 1 is 0.480 bits per heavy atom. The van der Waals surface area contributed by atoms with Crippen LogP contribution in [0.3, 0.4) is 0 Å². The monoisotopic (exact) mass is 370 g/mol. The van der Waals surface area contributed by atoms with Crippen molar-refractivity contribution < 1.29 is 13.6 Å². The second-order valence-corrected chi connectivity index (χ2v) is 10.0. The zero-order chi connectivity index (χ0) is 17.6. The number of hydrogen-bond donors (Lipinski definition) is 0. The predicted octanol–water partition coefficient (Wildman–Crippen LogP) is 7.00. The molecule has 3 aliphatic carbocycles. The highest BCUT2D eigenvalue weighted by molar-refractivity contribution is 7.41. The minimum absolute atomic E-state index is 0.331. The fraction of sp³-hybridized carbons (Fsp3) is 1.00. The van der Waals surface area contributed by atoms with E-state index in [2.05, 4.69) is 20.8 Å². The summed E-state index contributed by atoms with van der Waals surface area (Å²) in [6, 6.07) is 0. The van der Waals surface area contributed by atoms with Crippen molar-refractivity contribution in [3.63, 3.8) is 0 Å². The van der Waals surface area contributed by atoms with Crippen LogP contribution >= 0.6 is 8.60 Å². The molecule has 6 unspecified atom stereocenters. The van der Waals surface area contributed by atoms with Gasteiger partial charge in [0.05, 0.1) is 18.3 Å². The van der Waals surface area contributed by atoms with E-state index >= 15 is 0 Å². The maximum Gasteiger partial charge on any atom is 0.333 e. The van der Waals surface area contributed by atoms with Gasteiger partial charge in [0.25, 0.3) is 0 Å². The summed E-state index contributed by atoms with van der Waals surface area (Å²) in [5.74, 6) is 1.91. The quantitative estimate of drug-likeness (QED) is 0.471. The average Bonchev–Trinajstić information content (AvgIpc) is 2.61. The lowest BCUT2D eigenvalue weighted by atomic mass is 9.88. The molecule has 0 heterocycles. The van der Waals surface area contributed by atoms with Crippen LogP contribution in [0.15, 0.2) is 0 Å². The molecule has 0 N–H and O–H groups in total. The summed E-state index contributed by atoms with van der Waals surface area (Å²) < 4.78 is 19.6. The highest BCUT2D eigenvalue weighted by Gasteiger charge is 2.34. The molecular weight excluding hydrogens is 331 g/mol. The van der Waals surface area contributed by atoms with Gasteiger partial charge >= 0.3 is 8.60 Å². The van der Waals surface area contributed by atoms with Gasteiger partial charge in [-0.05, 0) is 56.3 Å². The van der Waals surface area contributed by atoms with E-state index in [0.717, 1.165) is 0 Å². The van der Waals surface area contributed by atoms with Crippen molar-refractivity contribution in [2.45, 2.75) is 116 Å². The largest absolute Gasteiger partial charge is 0.333 e. The second-order valence-electron chi connectivity index (χ2n) is 8.94. The molecule has 4 heteroatoms. The van der Waals surface area contributed by atoms with Gasteiger partial charge in [-0.15, -0.1) is 0 Å². The highest BCUT2D eigenvalue weighted by atomic mass is 31.2. The highest BCUT2D eigenvalue weighted by Crippen LogP contribution is 2.51. The lowest BCUT2D eigenvalue weighted by Crippen LogP contribution is -2.30. The molecule has 0 aromatic carbocycles. The van der Waals surface area contributed by atoms with Gasteiger partial charge in [-0.25, -0.2) is 0 Å². The van der Waals surface area contributed by atoms with Crippen molar-refractivity contribution in [1.82, 2.24) is 0 Å². The third kappa shape index (κ3) is 5.89. The number of rotatable bonds is 6. The Morgan fingerprint density at radius 2 is 0.760 bits per heavy atom. The molecule has 0 aromatic rings. The van der Waals surface area contributed by atoms with E-state index in [4.69, 9.17) is 13.6 Å². The van der Waals surface area contributed by atoms with E-state index < -0.39 is 8.60 Å². The van der Waals surface area contributed by atoms with Crippen LogP contribution in [0.1, 0.15) is 97.8 Å². The van der Waals surface area contributed by atoms with Crippen LogP contribution in [0.2, 0.25) is 0 Å². The van der Waals surface area contributed by atoms with E-state index in [9.17, 15) is 0 Å². The molecule has 0 bridgehead atoms. The normalized spacial score (nSPS) is 41.4. The van der Waals surface area contributed by atoms with Crippen LogP contribution in [0.25, 0.3) is 0 Å². The van der Waals surface area contributed by atoms with Crippen LogP contribution in [-0.2, 0) is 13.6 Å². The van der Waals surface area contributed by atoms with Gasteiger partial charge in [0.1, 0.15) is 0 Å². The molecule has 3 saturated carbocycles. The predicted molar refractivity (Wildman–Crippen MR) is 104 cm³/mol. The van der Waals surface area contributed by atoms with E-state index in [1.54, 1.807) is 0 Å². The van der Waals surface area contributed by atoms with Gasteiger partial charge in [-0.1, -0.05) is 59.3 Å². The van der Waals surface area contributed by atoms with E-state index in [1.807, 2.05) is 0 Å². The standard InChI is InChI=1S/C21H39O3P/c1-16-10-4-7-13-19(16)22-25(23-20-14-8-5-11-17(20)2)24-21-15-9-6-12-18(21)3/h16-21H,4-15H2,1-3H3. The summed E-state index contributed by atoms with van der Waals surface area (Å²) >= 11 is 0. The average molecular weight is 371 g/mol. The topological polar surface area (TPSA) is 27.7 Å². The summed E-state index contributed by atoms with van der Waals surface area (Å²) in [6.07, 6.45) is 16.3. The van der Waals surface area contributed by atoms with Crippen molar-refractivity contribution in [3.8, 4) is 0 Å². The lowest BCUT2D eigenvalue weighted by molar-refractivity contribution is -0.00177. The van der Waals surface area contributed by atoms with E-state index in [-0.39, 0.29) is 0 Å². The summed E-state index contributed by atoms with van der Waals surface area (Å²) in [5, 5.41) is 0. The van der Waals surface area contributed by atoms with Crippen molar-refractivity contribution in [2.24, 2.45) is 17.8 Å². The second kappa shape index (κ2) is 10.0. The summed E-state index contributed by atoms with van der Waals surface area (Å²) in [4.78, 5) is 0. The van der Waals surface area contributed by atoms with Gasteiger partial charge in [-0.3, -0.25) is 0 Å². The Labute approximate surface area is 156 Å². The first-order valence-electron chi connectivity index (χ1n) is 10.9. The molecule has 6 atom stereocenters. The van der Waals surface area contributed by atoms with Crippen LogP contribution in [-0.4, -0.2) is 18.3 Å². The van der Waals surface area contributed by atoms with Gasteiger partial charge in [0.2, 0.25) is 0 Å². The summed E-state index contributed by atoms with van der Waals surface area (Å²) in [7, 11) is -1.21. The van der Waals surface area contributed by atoms with Gasteiger partial charge in [0.15, 0.2) is 0 Å². The molecule has 0 spiro atoms. The Morgan fingerprint density at radius 3 is 1.04 bits per heavy atom. The van der Waals surface area contributed by atoms with Gasteiger partial charge in [-0.2, -0.15) is 0 Å². The van der Waals surface area contributed by atoms with Gasteiger partial charge < -0.3 is 13.6 Å². The maximum absolute atomic E-state index is 6.53. The molecule has 0 saturated heterocycles. The molecule has 0 amide bonds. The molecule has 0 aromatic heterocycles. The third-order valence-electron chi connectivity index (χ3n) is 6.76. The van der Waals surface area contributed by atoms with E-state index in [1.165, 1.54) is 77.0 Å².